The Balaban J connectivity index is 2.11. The van der Waals surface area contributed by atoms with Crippen molar-refractivity contribution < 1.29 is 9.59 Å². The number of nitrogens with zero attached hydrogens (tertiary/aromatic N) is 1. The molecule has 0 unspecified atom stereocenters. The first-order valence-electron chi connectivity index (χ1n) is 7.67. The van der Waals surface area contributed by atoms with Crippen LogP contribution in [0.3, 0.4) is 0 Å². The Hall–Kier alpha value is -2.62. The van der Waals surface area contributed by atoms with E-state index in [-0.39, 0.29) is 17.9 Å². The van der Waals surface area contributed by atoms with Gasteiger partial charge in [0.15, 0.2) is 0 Å². The van der Waals surface area contributed by atoms with Gasteiger partial charge in [0.1, 0.15) is 0 Å². The molecule has 2 rings (SSSR count). The Bertz CT molecular complexity index is 681. The van der Waals surface area contributed by atoms with Crippen LogP contribution in [0.15, 0.2) is 54.6 Å². The quantitative estimate of drug-likeness (QED) is 0.922. The van der Waals surface area contributed by atoms with Gasteiger partial charge in [-0.1, -0.05) is 36.4 Å². The van der Waals surface area contributed by atoms with Crippen molar-refractivity contribution in [2.24, 2.45) is 0 Å². The number of amides is 2. The molecule has 1 N–H and O–H groups in total. The summed E-state index contributed by atoms with van der Waals surface area (Å²) in [5, 5.41) is 2.83. The van der Waals surface area contributed by atoms with E-state index in [9.17, 15) is 9.59 Å². The second kappa shape index (κ2) is 7.58. The van der Waals surface area contributed by atoms with Crippen LogP contribution in [-0.2, 0) is 6.54 Å². The lowest BCUT2D eigenvalue weighted by atomic mass is 10.1. The Morgan fingerprint density at radius 3 is 2.30 bits per heavy atom. The Morgan fingerprint density at radius 2 is 1.65 bits per heavy atom. The van der Waals surface area contributed by atoms with E-state index in [0.717, 1.165) is 5.56 Å². The van der Waals surface area contributed by atoms with Gasteiger partial charge in [-0.15, -0.1) is 0 Å². The summed E-state index contributed by atoms with van der Waals surface area (Å²) in [6.07, 6.45) is 0. The molecule has 23 heavy (non-hydrogen) atoms. The topological polar surface area (TPSA) is 49.4 Å². The van der Waals surface area contributed by atoms with Crippen molar-refractivity contribution in [3.05, 3.63) is 71.3 Å². The van der Waals surface area contributed by atoms with Gasteiger partial charge in [-0.3, -0.25) is 9.59 Å². The van der Waals surface area contributed by atoms with Crippen LogP contribution in [0.5, 0.6) is 0 Å². The molecule has 4 nitrogen and oxygen atoms in total. The van der Waals surface area contributed by atoms with Crippen LogP contribution in [0.2, 0.25) is 0 Å². The van der Waals surface area contributed by atoms with Gasteiger partial charge in [-0.2, -0.15) is 0 Å². The Labute approximate surface area is 137 Å². The van der Waals surface area contributed by atoms with Crippen molar-refractivity contribution in [2.75, 3.05) is 7.05 Å². The van der Waals surface area contributed by atoms with Gasteiger partial charge in [0.2, 0.25) is 0 Å². The summed E-state index contributed by atoms with van der Waals surface area (Å²) in [6, 6.07) is 16.7. The number of rotatable bonds is 5. The van der Waals surface area contributed by atoms with Crippen LogP contribution in [0.25, 0.3) is 0 Å². The molecule has 2 aromatic rings. The van der Waals surface area contributed by atoms with Crippen molar-refractivity contribution >= 4 is 11.8 Å². The molecule has 0 aliphatic heterocycles. The summed E-state index contributed by atoms with van der Waals surface area (Å²) in [5.74, 6) is -0.270. The normalized spacial score (nSPS) is 10.4. The SMILES string of the molecule is CC(C)NC(=O)c1cccc(C(=O)N(C)Cc2ccccc2)c1. The van der Waals surface area contributed by atoms with Crippen LogP contribution < -0.4 is 5.32 Å². The Morgan fingerprint density at radius 1 is 1.00 bits per heavy atom. The third kappa shape index (κ3) is 4.68. The predicted octanol–water partition coefficient (Wildman–Crippen LogP) is 3.10. The highest BCUT2D eigenvalue weighted by molar-refractivity contribution is 5.99. The fourth-order valence-corrected chi connectivity index (χ4v) is 2.29. The summed E-state index contributed by atoms with van der Waals surface area (Å²) in [5.41, 5.74) is 2.08. The zero-order valence-electron chi connectivity index (χ0n) is 13.7. The molecule has 0 aliphatic rings. The third-order valence-corrected chi connectivity index (χ3v) is 3.40. The van der Waals surface area contributed by atoms with Gasteiger partial charge < -0.3 is 10.2 Å². The molecule has 0 aromatic heterocycles. The van der Waals surface area contributed by atoms with E-state index in [1.165, 1.54) is 0 Å². The monoisotopic (exact) mass is 310 g/mol. The average molecular weight is 310 g/mol. The zero-order chi connectivity index (χ0) is 16.8. The standard InChI is InChI=1S/C19H22N2O2/c1-14(2)20-18(22)16-10-7-11-17(12-16)19(23)21(3)13-15-8-5-4-6-9-15/h4-12,14H,13H2,1-3H3,(H,20,22). The first-order valence-corrected chi connectivity index (χ1v) is 7.67. The van der Waals surface area contributed by atoms with Crippen LogP contribution in [-0.4, -0.2) is 29.8 Å². The molecule has 0 bridgehead atoms. The lowest BCUT2D eigenvalue weighted by molar-refractivity contribution is 0.0785. The minimum atomic E-state index is -0.166. The van der Waals surface area contributed by atoms with E-state index >= 15 is 0 Å². The smallest absolute Gasteiger partial charge is 0.253 e. The fraction of sp³-hybridized carbons (Fsp3) is 0.263. The number of hydrogen-bond acceptors (Lipinski definition) is 2. The number of benzene rings is 2. The van der Waals surface area contributed by atoms with Crippen LogP contribution in [0.1, 0.15) is 40.1 Å². The molecule has 0 saturated heterocycles. The van der Waals surface area contributed by atoms with Crippen LogP contribution in [0.4, 0.5) is 0 Å². The summed E-state index contributed by atoms with van der Waals surface area (Å²) >= 11 is 0. The number of nitrogens with one attached hydrogen (secondary N) is 1. The average Bonchev–Trinajstić information content (AvgIpc) is 2.54. The summed E-state index contributed by atoms with van der Waals surface area (Å²) < 4.78 is 0. The van der Waals surface area contributed by atoms with Gasteiger partial charge in [0.25, 0.3) is 11.8 Å². The molecule has 0 heterocycles. The first kappa shape index (κ1) is 16.7. The maximum atomic E-state index is 12.5. The van der Waals surface area contributed by atoms with Gasteiger partial charge in [0.05, 0.1) is 0 Å². The fourth-order valence-electron chi connectivity index (χ4n) is 2.29. The number of carbonyl (C=O) groups excluding carboxylic acids is 2. The minimum absolute atomic E-state index is 0.0580. The largest absolute Gasteiger partial charge is 0.350 e. The van der Waals surface area contributed by atoms with Crippen molar-refractivity contribution in [2.45, 2.75) is 26.4 Å². The molecule has 0 spiro atoms. The van der Waals surface area contributed by atoms with Crippen LogP contribution in [0, 0.1) is 0 Å². The molecular formula is C19H22N2O2. The third-order valence-electron chi connectivity index (χ3n) is 3.40. The van der Waals surface area contributed by atoms with Crippen molar-refractivity contribution in [3.63, 3.8) is 0 Å². The molecule has 0 fully saturated rings. The maximum absolute atomic E-state index is 12.5. The molecule has 0 saturated carbocycles. The van der Waals surface area contributed by atoms with E-state index in [0.29, 0.717) is 17.7 Å². The molecule has 0 aliphatic carbocycles. The summed E-state index contributed by atoms with van der Waals surface area (Å²) in [7, 11) is 1.76. The van der Waals surface area contributed by atoms with Crippen LogP contribution >= 0.6 is 0 Å². The van der Waals surface area contributed by atoms with Crippen molar-refractivity contribution in [1.29, 1.82) is 0 Å². The summed E-state index contributed by atoms with van der Waals surface area (Å²) in [6.45, 7) is 4.34. The predicted molar refractivity (Wildman–Crippen MR) is 91.3 cm³/mol. The highest BCUT2D eigenvalue weighted by atomic mass is 16.2. The zero-order valence-corrected chi connectivity index (χ0v) is 13.7. The molecule has 4 heteroatoms. The minimum Gasteiger partial charge on any atom is -0.350 e. The Kier molecular flexibility index (Phi) is 5.52. The second-order valence-corrected chi connectivity index (χ2v) is 5.86. The second-order valence-electron chi connectivity index (χ2n) is 5.86. The van der Waals surface area contributed by atoms with Gasteiger partial charge in [0, 0.05) is 30.8 Å². The highest BCUT2D eigenvalue weighted by Gasteiger charge is 2.14. The number of hydrogen-bond donors (Lipinski definition) is 1. The molecule has 2 amide bonds. The van der Waals surface area contributed by atoms with E-state index in [2.05, 4.69) is 5.32 Å². The molecule has 0 atom stereocenters. The van der Waals surface area contributed by atoms with Gasteiger partial charge in [-0.05, 0) is 37.6 Å². The van der Waals surface area contributed by atoms with Gasteiger partial charge in [-0.25, -0.2) is 0 Å². The van der Waals surface area contributed by atoms with Crippen molar-refractivity contribution in [3.8, 4) is 0 Å². The summed E-state index contributed by atoms with van der Waals surface area (Å²) in [4.78, 5) is 26.2. The van der Waals surface area contributed by atoms with E-state index < -0.39 is 0 Å². The first-order chi connectivity index (χ1) is 11.0. The lowest BCUT2D eigenvalue weighted by Gasteiger charge is -2.18. The van der Waals surface area contributed by atoms with E-state index in [1.54, 1.807) is 36.2 Å². The van der Waals surface area contributed by atoms with Crippen molar-refractivity contribution in [1.82, 2.24) is 10.2 Å². The molecule has 2 aromatic carbocycles. The highest BCUT2D eigenvalue weighted by Crippen LogP contribution is 2.11. The van der Waals surface area contributed by atoms with E-state index in [4.69, 9.17) is 0 Å². The maximum Gasteiger partial charge on any atom is 0.253 e. The number of carbonyl (C=O) groups is 2. The molecule has 120 valence electrons. The molecular weight excluding hydrogens is 288 g/mol. The van der Waals surface area contributed by atoms with Gasteiger partial charge >= 0.3 is 0 Å². The molecule has 0 radical (unpaired) electrons. The van der Waals surface area contributed by atoms with E-state index in [1.807, 2.05) is 44.2 Å². The lowest BCUT2D eigenvalue weighted by Crippen LogP contribution is -2.30.